The Labute approximate surface area is 164 Å². The van der Waals surface area contributed by atoms with Crippen LogP contribution in [0, 0.1) is 6.92 Å². The number of hydrogen-bond acceptors (Lipinski definition) is 6. The molecule has 0 atom stereocenters. The Morgan fingerprint density at radius 2 is 2.07 bits per heavy atom. The molecule has 2 heterocycles. The van der Waals surface area contributed by atoms with Crippen LogP contribution in [0.5, 0.6) is 0 Å². The molecule has 28 heavy (non-hydrogen) atoms. The van der Waals surface area contributed by atoms with Gasteiger partial charge in [-0.25, -0.2) is 4.68 Å². The molecule has 0 fully saturated rings. The standard InChI is InChI=1S/C20H28N6O2/c1-4-15-13-16(10-9-14(15)3)21-20-22-18-17(19(27)23-20)26(25-24-18)11-7-6-8-12-28-5-2/h9-10,13H,4-8,11-12H2,1-3H3,(H2,21,22,23,27). The second-order valence-electron chi connectivity index (χ2n) is 6.78. The van der Waals surface area contributed by atoms with E-state index in [2.05, 4.69) is 51.6 Å². The SMILES string of the molecule is CCOCCCCCn1nnc2nc(Nc3ccc(C)c(CC)c3)[nH]c(=O)c21. The van der Waals surface area contributed by atoms with E-state index in [0.29, 0.717) is 23.7 Å². The van der Waals surface area contributed by atoms with Crippen molar-refractivity contribution in [1.29, 1.82) is 0 Å². The summed E-state index contributed by atoms with van der Waals surface area (Å²) in [5, 5.41) is 11.3. The molecule has 150 valence electrons. The monoisotopic (exact) mass is 384 g/mol. The van der Waals surface area contributed by atoms with E-state index in [1.165, 1.54) is 11.1 Å². The molecule has 0 saturated heterocycles. The topological polar surface area (TPSA) is 97.7 Å². The highest BCUT2D eigenvalue weighted by molar-refractivity contribution is 5.70. The van der Waals surface area contributed by atoms with Crippen LogP contribution in [0.25, 0.3) is 11.2 Å². The van der Waals surface area contributed by atoms with Crippen LogP contribution in [0.1, 0.15) is 44.2 Å². The number of unbranched alkanes of at least 4 members (excludes halogenated alkanes) is 2. The second-order valence-corrected chi connectivity index (χ2v) is 6.78. The molecular formula is C20H28N6O2. The Kier molecular flexibility index (Phi) is 6.76. The lowest BCUT2D eigenvalue weighted by Gasteiger charge is -2.09. The maximum absolute atomic E-state index is 12.6. The van der Waals surface area contributed by atoms with E-state index in [1.807, 2.05) is 13.0 Å². The zero-order valence-electron chi connectivity index (χ0n) is 16.8. The van der Waals surface area contributed by atoms with Gasteiger partial charge < -0.3 is 10.1 Å². The van der Waals surface area contributed by atoms with Crippen molar-refractivity contribution in [2.24, 2.45) is 0 Å². The highest BCUT2D eigenvalue weighted by Crippen LogP contribution is 2.18. The Morgan fingerprint density at radius 1 is 1.21 bits per heavy atom. The van der Waals surface area contributed by atoms with Gasteiger partial charge in [-0.3, -0.25) is 9.78 Å². The van der Waals surface area contributed by atoms with Crippen LogP contribution in [0.15, 0.2) is 23.0 Å². The number of ether oxygens (including phenoxy) is 1. The van der Waals surface area contributed by atoms with Crippen molar-refractivity contribution in [2.75, 3.05) is 18.5 Å². The minimum Gasteiger partial charge on any atom is -0.382 e. The normalized spacial score (nSPS) is 11.2. The number of nitrogens with zero attached hydrogens (tertiary/aromatic N) is 4. The largest absolute Gasteiger partial charge is 0.382 e. The minimum atomic E-state index is -0.241. The Hall–Kier alpha value is -2.74. The van der Waals surface area contributed by atoms with Crippen molar-refractivity contribution >= 4 is 22.8 Å². The van der Waals surface area contributed by atoms with Gasteiger partial charge >= 0.3 is 0 Å². The van der Waals surface area contributed by atoms with Gasteiger partial charge in [0.25, 0.3) is 5.56 Å². The van der Waals surface area contributed by atoms with Crippen molar-refractivity contribution < 1.29 is 4.74 Å². The molecule has 2 N–H and O–H groups in total. The van der Waals surface area contributed by atoms with Crippen LogP contribution in [-0.4, -0.2) is 38.2 Å². The average molecular weight is 384 g/mol. The zero-order chi connectivity index (χ0) is 19.9. The van der Waals surface area contributed by atoms with E-state index in [-0.39, 0.29) is 5.56 Å². The average Bonchev–Trinajstić information content (AvgIpc) is 3.09. The number of rotatable bonds is 10. The van der Waals surface area contributed by atoms with Crippen LogP contribution in [0.2, 0.25) is 0 Å². The van der Waals surface area contributed by atoms with Gasteiger partial charge in [-0.15, -0.1) is 5.10 Å². The fourth-order valence-electron chi connectivity index (χ4n) is 3.17. The first-order chi connectivity index (χ1) is 13.6. The summed E-state index contributed by atoms with van der Waals surface area (Å²) in [5.74, 6) is 0.368. The maximum atomic E-state index is 12.6. The van der Waals surface area contributed by atoms with Gasteiger partial charge in [-0.05, 0) is 62.8 Å². The van der Waals surface area contributed by atoms with Gasteiger partial charge in [0.15, 0.2) is 5.52 Å². The molecule has 0 spiro atoms. The van der Waals surface area contributed by atoms with E-state index in [9.17, 15) is 4.79 Å². The summed E-state index contributed by atoms with van der Waals surface area (Å²) in [5.41, 5.74) is 3.90. The lowest BCUT2D eigenvalue weighted by molar-refractivity contribution is 0.142. The molecule has 0 aliphatic rings. The number of nitrogens with one attached hydrogen (secondary N) is 2. The third-order valence-corrected chi connectivity index (χ3v) is 4.74. The first kappa shape index (κ1) is 20.0. The highest BCUT2D eigenvalue weighted by Gasteiger charge is 2.12. The van der Waals surface area contributed by atoms with Crippen molar-refractivity contribution in [3.05, 3.63) is 39.7 Å². The highest BCUT2D eigenvalue weighted by atomic mass is 16.5. The molecule has 0 amide bonds. The van der Waals surface area contributed by atoms with Crippen LogP contribution < -0.4 is 10.9 Å². The zero-order valence-corrected chi connectivity index (χ0v) is 16.8. The molecular weight excluding hydrogens is 356 g/mol. The quantitative estimate of drug-likeness (QED) is 0.520. The number of fused-ring (bicyclic) bond motifs is 1. The lowest BCUT2D eigenvalue weighted by Crippen LogP contribution is -2.15. The maximum Gasteiger partial charge on any atom is 0.280 e. The van der Waals surface area contributed by atoms with E-state index in [0.717, 1.165) is 44.6 Å². The van der Waals surface area contributed by atoms with Crippen molar-refractivity contribution in [1.82, 2.24) is 25.0 Å². The van der Waals surface area contributed by atoms with Crippen LogP contribution in [-0.2, 0) is 17.7 Å². The summed E-state index contributed by atoms with van der Waals surface area (Å²) < 4.78 is 6.97. The summed E-state index contributed by atoms with van der Waals surface area (Å²) in [4.78, 5) is 19.8. The molecule has 2 aromatic heterocycles. The first-order valence-corrected chi connectivity index (χ1v) is 9.90. The predicted octanol–water partition coefficient (Wildman–Crippen LogP) is 3.34. The van der Waals surface area contributed by atoms with Gasteiger partial charge in [0.2, 0.25) is 11.6 Å². The summed E-state index contributed by atoms with van der Waals surface area (Å²) in [6.45, 7) is 8.35. The van der Waals surface area contributed by atoms with E-state index in [4.69, 9.17) is 4.74 Å². The molecule has 0 saturated carbocycles. The second kappa shape index (κ2) is 9.45. The molecule has 0 radical (unpaired) electrons. The van der Waals surface area contributed by atoms with Gasteiger partial charge in [0.1, 0.15) is 0 Å². The van der Waals surface area contributed by atoms with Crippen molar-refractivity contribution in [3.8, 4) is 0 Å². The van der Waals surface area contributed by atoms with Gasteiger partial charge in [0.05, 0.1) is 0 Å². The summed E-state index contributed by atoms with van der Waals surface area (Å²) >= 11 is 0. The fraction of sp³-hybridized carbons (Fsp3) is 0.500. The van der Waals surface area contributed by atoms with Crippen LogP contribution in [0.3, 0.4) is 0 Å². The Balaban J connectivity index is 1.71. The third-order valence-electron chi connectivity index (χ3n) is 4.74. The number of aromatic amines is 1. The number of benzene rings is 1. The smallest absolute Gasteiger partial charge is 0.280 e. The van der Waals surface area contributed by atoms with E-state index in [1.54, 1.807) is 4.68 Å². The molecule has 0 unspecified atom stereocenters. The first-order valence-electron chi connectivity index (χ1n) is 9.90. The number of aryl methyl sites for hydroxylation is 3. The van der Waals surface area contributed by atoms with Gasteiger partial charge in [-0.2, -0.15) is 4.98 Å². The molecule has 0 bridgehead atoms. The summed E-state index contributed by atoms with van der Waals surface area (Å²) in [6, 6.07) is 6.09. The molecule has 8 nitrogen and oxygen atoms in total. The van der Waals surface area contributed by atoms with Gasteiger partial charge in [-0.1, -0.05) is 18.2 Å². The number of aromatic nitrogens is 5. The van der Waals surface area contributed by atoms with E-state index >= 15 is 0 Å². The van der Waals surface area contributed by atoms with Crippen LogP contribution in [0.4, 0.5) is 11.6 Å². The molecule has 3 aromatic rings. The minimum absolute atomic E-state index is 0.241. The lowest BCUT2D eigenvalue weighted by atomic mass is 10.1. The molecule has 3 rings (SSSR count). The Morgan fingerprint density at radius 3 is 2.86 bits per heavy atom. The summed E-state index contributed by atoms with van der Waals surface area (Å²) in [6.07, 6.45) is 3.87. The number of hydrogen-bond donors (Lipinski definition) is 2. The van der Waals surface area contributed by atoms with Gasteiger partial charge in [0, 0.05) is 25.4 Å². The number of H-pyrrole nitrogens is 1. The molecule has 0 aliphatic heterocycles. The van der Waals surface area contributed by atoms with Crippen molar-refractivity contribution in [2.45, 2.75) is 53.0 Å². The molecule has 8 heteroatoms. The predicted molar refractivity (Wildman–Crippen MR) is 110 cm³/mol. The summed E-state index contributed by atoms with van der Waals surface area (Å²) in [7, 11) is 0. The third kappa shape index (κ3) is 4.75. The van der Waals surface area contributed by atoms with Crippen LogP contribution >= 0.6 is 0 Å². The van der Waals surface area contributed by atoms with E-state index < -0.39 is 0 Å². The molecule has 1 aromatic carbocycles. The Bertz CT molecular complexity index is 978. The van der Waals surface area contributed by atoms with Crippen molar-refractivity contribution in [3.63, 3.8) is 0 Å². The number of anilines is 2. The fourth-order valence-corrected chi connectivity index (χ4v) is 3.17. The molecule has 0 aliphatic carbocycles.